The van der Waals surface area contributed by atoms with Crippen LogP contribution in [0.4, 0.5) is 0 Å². The Bertz CT molecular complexity index is 269. The van der Waals surface area contributed by atoms with Gasteiger partial charge in [0, 0.05) is 5.57 Å². The molecule has 0 bridgehead atoms. The highest BCUT2D eigenvalue weighted by molar-refractivity contribution is 5.95. The molecule has 0 saturated heterocycles. The quantitative estimate of drug-likeness (QED) is 0.592. The molecule has 0 fully saturated rings. The number of amides is 1. The molecular weight excluding hydrogens is 138 g/mol. The Balaban J connectivity index is 2.87. The summed E-state index contributed by atoms with van der Waals surface area (Å²) in [7, 11) is 0. The third-order valence-electron chi connectivity index (χ3n) is 1.28. The van der Waals surface area contributed by atoms with E-state index < -0.39 is 5.91 Å². The van der Waals surface area contributed by atoms with E-state index in [1.54, 1.807) is 24.3 Å². The van der Waals surface area contributed by atoms with Crippen LogP contribution < -0.4 is 5.73 Å². The molecule has 11 heavy (non-hydrogen) atoms. The first kappa shape index (κ1) is 7.54. The molecular formula is C9H9NO. The third kappa shape index (κ3) is 2.26. The van der Waals surface area contributed by atoms with E-state index in [2.05, 4.69) is 0 Å². The van der Waals surface area contributed by atoms with E-state index in [1.807, 2.05) is 18.2 Å². The van der Waals surface area contributed by atoms with Gasteiger partial charge in [-0.25, -0.2) is 0 Å². The van der Waals surface area contributed by atoms with E-state index in [1.165, 1.54) is 0 Å². The minimum atomic E-state index is -0.402. The summed E-state index contributed by atoms with van der Waals surface area (Å²) >= 11 is 0. The predicted octanol–water partition coefficient (Wildman–Crippen LogP) is 1.08. The van der Waals surface area contributed by atoms with Gasteiger partial charge in [-0.3, -0.25) is 4.79 Å². The second kappa shape index (κ2) is 3.56. The van der Waals surface area contributed by atoms with E-state index in [4.69, 9.17) is 5.73 Å². The zero-order valence-electron chi connectivity index (χ0n) is 6.03. The molecule has 0 unspecified atom stereocenters. The second-order valence-electron chi connectivity index (χ2n) is 2.12. The van der Waals surface area contributed by atoms with Crippen LogP contribution in [-0.4, -0.2) is 5.91 Å². The number of nitrogens with two attached hydrogens (primary N) is 1. The van der Waals surface area contributed by atoms with E-state index >= 15 is 0 Å². The zero-order chi connectivity index (χ0) is 8.10. The highest BCUT2D eigenvalue weighted by Gasteiger charge is 1.96. The summed E-state index contributed by atoms with van der Waals surface area (Å²) in [5.74, 6) is -0.402. The fourth-order valence-corrected chi connectivity index (χ4v) is 0.731. The van der Waals surface area contributed by atoms with Crippen molar-refractivity contribution in [3.63, 3.8) is 0 Å². The van der Waals surface area contributed by atoms with Gasteiger partial charge in [0.2, 0.25) is 5.91 Å². The lowest BCUT2D eigenvalue weighted by molar-refractivity contribution is -0.114. The van der Waals surface area contributed by atoms with Gasteiger partial charge in [0.15, 0.2) is 0 Å². The van der Waals surface area contributed by atoms with Crippen molar-refractivity contribution >= 4 is 5.91 Å². The van der Waals surface area contributed by atoms with Crippen LogP contribution in [0.15, 0.2) is 48.1 Å². The molecule has 1 aliphatic rings. The van der Waals surface area contributed by atoms with Crippen molar-refractivity contribution in [2.24, 2.45) is 5.73 Å². The fourth-order valence-electron chi connectivity index (χ4n) is 0.731. The van der Waals surface area contributed by atoms with E-state index in [9.17, 15) is 4.79 Å². The average Bonchev–Trinajstić information content (AvgIpc) is 1.84. The predicted molar refractivity (Wildman–Crippen MR) is 44.7 cm³/mol. The van der Waals surface area contributed by atoms with Crippen molar-refractivity contribution in [2.75, 3.05) is 0 Å². The molecule has 1 aliphatic carbocycles. The van der Waals surface area contributed by atoms with Crippen LogP contribution in [0.25, 0.3) is 0 Å². The Morgan fingerprint density at radius 2 is 1.73 bits per heavy atom. The second-order valence-corrected chi connectivity index (χ2v) is 2.12. The third-order valence-corrected chi connectivity index (χ3v) is 1.28. The normalized spacial score (nSPS) is 21.3. The summed E-state index contributed by atoms with van der Waals surface area (Å²) < 4.78 is 0. The minimum Gasteiger partial charge on any atom is -0.366 e. The van der Waals surface area contributed by atoms with Crippen molar-refractivity contribution in [2.45, 2.75) is 0 Å². The van der Waals surface area contributed by atoms with Gasteiger partial charge in [-0.15, -0.1) is 0 Å². The van der Waals surface area contributed by atoms with Gasteiger partial charge in [0.1, 0.15) is 0 Å². The van der Waals surface area contributed by atoms with E-state index in [0.717, 1.165) is 0 Å². The molecule has 0 heterocycles. The summed E-state index contributed by atoms with van der Waals surface area (Å²) in [6.45, 7) is 0. The molecule has 0 spiro atoms. The summed E-state index contributed by atoms with van der Waals surface area (Å²) in [6, 6.07) is 0. The lowest BCUT2D eigenvalue weighted by Gasteiger charge is -1.93. The molecule has 0 radical (unpaired) electrons. The maximum atomic E-state index is 10.7. The Hall–Kier alpha value is -1.57. The number of carbonyl (C=O) groups excluding carboxylic acids is 1. The van der Waals surface area contributed by atoms with Gasteiger partial charge in [-0.1, -0.05) is 30.4 Å². The maximum absolute atomic E-state index is 10.7. The monoisotopic (exact) mass is 147 g/mol. The molecule has 2 heteroatoms. The molecule has 0 saturated carbocycles. The Labute approximate surface area is 65.4 Å². The van der Waals surface area contributed by atoms with Gasteiger partial charge >= 0.3 is 0 Å². The van der Waals surface area contributed by atoms with Gasteiger partial charge < -0.3 is 5.73 Å². The highest BCUT2D eigenvalue weighted by atomic mass is 16.1. The first-order valence-electron chi connectivity index (χ1n) is 3.32. The molecule has 0 atom stereocenters. The van der Waals surface area contributed by atoms with Crippen LogP contribution in [0.2, 0.25) is 0 Å². The SMILES string of the molecule is NC(=O)C1=C/C=C\C=C/C=C1. The lowest BCUT2D eigenvalue weighted by atomic mass is 10.2. The number of primary amides is 1. The minimum absolute atomic E-state index is 0.402. The molecule has 0 aromatic heterocycles. The van der Waals surface area contributed by atoms with Crippen molar-refractivity contribution in [1.29, 1.82) is 0 Å². The van der Waals surface area contributed by atoms with Gasteiger partial charge in [-0.05, 0) is 12.2 Å². The van der Waals surface area contributed by atoms with Crippen LogP contribution in [0.5, 0.6) is 0 Å². The Morgan fingerprint density at radius 1 is 1.09 bits per heavy atom. The van der Waals surface area contributed by atoms with Crippen molar-refractivity contribution < 1.29 is 4.79 Å². The average molecular weight is 147 g/mol. The lowest BCUT2D eigenvalue weighted by Crippen LogP contribution is -2.12. The number of hydrogen-bond donors (Lipinski definition) is 1. The van der Waals surface area contributed by atoms with Gasteiger partial charge in [-0.2, -0.15) is 0 Å². The Kier molecular flexibility index (Phi) is 2.44. The van der Waals surface area contributed by atoms with Gasteiger partial charge in [0.05, 0.1) is 0 Å². The van der Waals surface area contributed by atoms with Crippen LogP contribution in [0, 0.1) is 0 Å². The molecule has 56 valence electrons. The van der Waals surface area contributed by atoms with Crippen molar-refractivity contribution in [1.82, 2.24) is 0 Å². The number of allylic oxidation sites excluding steroid dienone is 6. The summed E-state index contributed by atoms with van der Waals surface area (Å²) in [5.41, 5.74) is 5.59. The standard InChI is InChI=1S/C9H9NO/c10-9(11)8-6-4-2-1-3-5-7-8/h1-7H,(H2,10,11)/b2-1-,3-1?,4-2?,5-3-,6-4?,7-5?,8-6?,8-7?. The molecule has 2 nitrogen and oxygen atoms in total. The number of hydrogen-bond acceptors (Lipinski definition) is 1. The molecule has 0 aromatic carbocycles. The first-order chi connectivity index (χ1) is 5.30. The van der Waals surface area contributed by atoms with Gasteiger partial charge in [0.25, 0.3) is 0 Å². The van der Waals surface area contributed by atoms with E-state index in [-0.39, 0.29) is 0 Å². The van der Waals surface area contributed by atoms with Crippen molar-refractivity contribution in [3.8, 4) is 0 Å². The first-order valence-corrected chi connectivity index (χ1v) is 3.32. The summed E-state index contributed by atoms with van der Waals surface area (Å²) in [5, 5.41) is 0. The Morgan fingerprint density at radius 3 is 2.45 bits per heavy atom. The summed E-state index contributed by atoms with van der Waals surface area (Å²) in [6.07, 6.45) is 12.5. The van der Waals surface area contributed by atoms with Crippen molar-refractivity contribution in [3.05, 3.63) is 48.1 Å². The number of carbonyl (C=O) groups is 1. The highest BCUT2D eigenvalue weighted by Crippen LogP contribution is 1.99. The molecule has 0 aromatic rings. The maximum Gasteiger partial charge on any atom is 0.248 e. The number of rotatable bonds is 1. The zero-order valence-corrected chi connectivity index (χ0v) is 6.03. The fraction of sp³-hybridized carbons (Fsp3) is 0. The smallest absolute Gasteiger partial charge is 0.248 e. The molecule has 1 amide bonds. The largest absolute Gasteiger partial charge is 0.366 e. The molecule has 2 N–H and O–H groups in total. The van der Waals surface area contributed by atoms with E-state index in [0.29, 0.717) is 5.57 Å². The van der Waals surface area contributed by atoms with Crippen LogP contribution >= 0.6 is 0 Å². The van der Waals surface area contributed by atoms with Crippen LogP contribution in [0.1, 0.15) is 0 Å². The topological polar surface area (TPSA) is 43.1 Å². The molecule has 0 aliphatic heterocycles. The summed E-state index contributed by atoms with van der Waals surface area (Å²) in [4.78, 5) is 10.7. The van der Waals surface area contributed by atoms with Crippen LogP contribution in [0.3, 0.4) is 0 Å². The van der Waals surface area contributed by atoms with Crippen LogP contribution in [-0.2, 0) is 4.79 Å². The molecule has 1 rings (SSSR count).